The van der Waals surface area contributed by atoms with Crippen LogP contribution in [0.3, 0.4) is 0 Å². The number of para-hydroxylation sites is 1. The molecular weight excluding hydrogens is 466 g/mol. The molecule has 2 aromatic carbocycles. The molecule has 0 spiro atoms. The highest BCUT2D eigenvalue weighted by molar-refractivity contribution is 6.03. The zero-order valence-corrected chi connectivity index (χ0v) is 22.1. The molecule has 2 amide bonds. The zero-order valence-electron chi connectivity index (χ0n) is 22.1. The lowest BCUT2D eigenvalue weighted by atomic mass is 9.92. The normalized spacial score (nSPS) is 11.8. The van der Waals surface area contributed by atoms with Gasteiger partial charge in [-0.15, -0.1) is 0 Å². The van der Waals surface area contributed by atoms with Crippen molar-refractivity contribution < 1.29 is 14.1 Å². The Bertz CT molecular complexity index is 1390. The molecule has 0 saturated carbocycles. The maximum Gasteiger partial charge on any atom is 0.274 e. The predicted octanol–water partition coefficient (Wildman–Crippen LogP) is 5.89. The molecule has 0 bridgehead atoms. The van der Waals surface area contributed by atoms with E-state index in [1.807, 2.05) is 63.2 Å². The molecule has 0 radical (unpaired) electrons. The average molecular weight is 500 g/mol. The topological polar surface area (TPSA) is 102 Å². The summed E-state index contributed by atoms with van der Waals surface area (Å²) in [5.41, 5.74) is 3.49. The highest BCUT2D eigenvalue weighted by Crippen LogP contribution is 2.25. The van der Waals surface area contributed by atoms with Crippen LogP contribution < -0.4 is 10.6 Å². The lowest BCUT2D eigenvalue weighted by molar-refractivity contribution is -0.115. The molecule has 8 heteroatoms. The van der Waals surface area contributed by atoms with Crippen LogP contribution in [0.25, 0.3) is 5.69 Å². The van der Waals surface area contributed by atoms with E-state index in [1.54, 1.807) is 28.9 Å². The van der Waals surface area contributed by atoms with Gasteiger partial charge in [-0.2, -0.15) is 5.10 Å². The second-order valence-corrected chi connectivity index (χ2v) is 11.1. The van der Waals surface area contributed by atoms with Crippen molar-refractivity contribution in [1.29, 1.82) is 0 Å². The van der Waals surface area contributed by atoms with Crippen LogP contribution >= 0.6 is 0 Å². The van der Waals surface area contributed by atoms with Gasteiger partial charge in [-0.25, -0.2) is 4.68 Å². The van der Waals surface area contributed by atoms with Crippen LogP contribution in [0.4, 0.5) is 11.4 Å². The molecule has 0 aliphatic rings. The zero-order chi connectivity index (χ0) is 26.8. The van der Waals surface area contributed by atoms with Crippen LogP contribution in [0.1, 0.15) is 69.2 Å². The van der Waals surface area contributed by atoms with Crippen molar-refractivity contribution in [2.24, 2.45) is 0 Å². The Kier molecular flexibility index (Phi) is 7.03. The first-order valence-electron chi connectivity index (χ1n) is 12.2. The third kappa shape index (κ3) is 6.33. The summed E-state index contributed by atoms with van der Waals surface area (Å²) in [5, 5.41) is 14.5. The molecule has 4 aromatic rings. The number of benzene rings is 2. The van der Waals surface area contributed by atoms with E-state index in [0.717, 1.165) is 17.1 Å². The van der Waals surface area contributed by atoms with Gasteiger partial charge in [0.15, 0.2) is 0 Å². The number of nitrogens with zero attached hydrogens (tertiary/aromatic N) is 3. The predicted molar refractivity (Wildman–Crippen MR) is 144 cm³/mol. The first-order chi connectivity index (χ1) is 17.4. The SMILES string of the molecule is CC(C)(C)c1cc(C(=O)Nc2ccc(NC(=O)Cc3cc(C(C)(C)C)on3)cc2)n(-c2ccccc2)n1. The molecule has 0 aliphatic carbocycles. The largest absolute Gasteiger partial charge is 0.361 e. The summed E-state index contributed by atoms with van der Waals surface area (Å²) in [4.78, 5) is 25.7. The van der Waals surface area contributed by atoms with Gasteiger partial charge in [0, 0.05) is 28.3 Å². The van der Waals surface area contributed by atoms with Crippen molar-refractivity contribution in [2.45, 2.75) is 58.8 Å². The lowest BCUT2D eigenvalue weighted by Crippen LogP contribution is -2.17. The fraction of sp³-hybridized carbons (Fsp3) is 0.310. The first-order valence-corrected chi connectivity index (χ1v) is 12.2. The fourth-order valence-corrected chi connectivity index (χ4v) is 3.63. The van der Waals surface area contributed by atoms with Crippen LogP contribution in [0.5, 0.6) is 0 Å². The molecule has 2 heterocycles. The van der Waals surface area contributed by atoms with Gasteiger partial charge in [-0.3, -0.25) is 9.59 Å². The minimum atomic E-state index is -0.274. The second kappa shape index (κ2) is 10.0. The van der Waals surface area contributed by atoms with Gasteiger partial charge in [-0.1, -0.05) is 64.9 Å². The summed E-state index contributed by atoms with van der Waals surface area (Å²) >= 11 is 0. The van der Waals surface area contributed by atoms with Crippen LogP contribution in [-0.4, -0.2) is 26.8 Å². The van der Waals surface area contributed by atoms with Gasteiger partial charge < -0.3 is 15.2 Å². The van der Waals surface area contributed by atoms with E-state index >= 15 is 0 Å². The summed E-state index contributed by atoms with van der Waals surface area (Å²) in [6.45, 7) is 12.3. The van der Waals surface area contributed by atoms with E-state index in [1.165, 1.54) is 0 Å². The van der Waals surface area contributed by atoms with Crippen molar-refractivity contribution in [1.82, 2.24) is 14.9 Å². The average Bonchev–Trinajstić information content (AvgIpc) is 3.48. The number of carbonyl (C=O) groups is 2. The van der Waals surface area contributed by atoms with E-state index in [-0.39, 0.29) is 29.1 Å². The Hall–Kier alpha value is -4.20. The highest BCUT2D eigenvalue weighted by Gasteiger charge is 2.24. The van der Waals surface area contributed by atoms with Crippen molar-refractivity contribution in [3.05, 3.63) is 89.6 Å². The number of carbonyl (C=O) groups excluding carboxylic acids is 2. The van der Waals surface area contributed by atoms with Crippen molar-refractivity contribution in [3.63, 3.8) is 0 Å². The Balaban J connectivity index is 1.44. The Morgan fingerprint density at radius 3 is 2.03 bits per heavy atom. The third-order valence-electron chi connectivity index (χ3n) is 5.78. The molecule has 192 valence electrons. The van der Waals surface area contributed by atoms with Gasteiger partial charge >= 0.3 is 0 Å². The summed E-state index contributed by atoms with van der Waals surface area (Å²) < 4.78 is 7.02. The second-order valence-electron chi connectivity index (χ2n) is 11.1. The summed E-state index contributed by atoms with van der Waals surface area (Å²) in [7, 11) is 0. The molecule has 2 N–H and O–H groups in total. The lowest BCUT2D eigenvalue weighted by Gasteiger charge is -2.14. The molecule has 0 unspecified atom stereocenters. The number of aromatic nitrogens is 3. The minimum Gasteiger partial charge on any atom is -0.361 e. The van der Waals surface area contributed by atoms with E-state index in [0.29, 0.717) is 22.8 Å². The van der Waals surface area contributed by atoms with Crippen LogP contribution in [0, 0.1) is 0 Å². The molecule has 8 nitrogen and oxygen atoms in total. The fourth-order valence-electron chi connectivity index (χ4n) is 3.63. The first kappa shape index (κ1) is 25.9. The monoisotopic (exact) mass is 499 g/mol. The summed E-state index contributed by atoms with van der Waals surface area (Å²) in [6.07, 6.45) is 0.109. The van der Waals surface area contributed by atoms with Gasteiger partial charge in [0.25, 0.3) is 5.91 Å². The van der Waals surface area contributed by atoms with E-state index in [4.69, 9.17) is 9.62 Å². The van der Waals surface area contributed by atoms with Crippen molar-refractivity contribution >= 4 is 23.2 Å². The molecular formula is C29H33N5O3. The van der Waals surface area contributed by atoms with E-state index in [2.05, 4.69) is 36.6 Å². The van der Waals surface area contributed by atoms with Gasteiger partial charge in [0.2, 0.25) is 5.91 Å². The molecule has 0 atom stereocenters. The number of amides is 2. The van der Waals surface area contributed by atoms with Crippen LogP contribution in [-0.2, 0) is 22.0 Å². The number of rotatable bonds is 6. The maximum absolute atomic E-state index is 13.2. The quantitative estimate of drug-likeness (QED) is 0.344. The molecule has 4 rings (SSSR count). The van der Waals surface area contributed by atoms with E-state index in [9.17, 15) is 9.59 Å². The minimum absolute atomic E-state index is 0.109. The van der Waals surface area contributed by atoms with Gasteiger partial charge in [-0.05, 0) is 42.5 Å². The van der Waals surface area contributed by atoms with E-state index < -0.39 is 0 Å². The number of hydrogen-bond donors (Lipinski definition) is 2. The van der Waals surface area contributed by atoms with Gasteiger partial charge in [0.05, 0.1) is 23.5 Å². The molecule has 0 saturated heterocycles. The Morgan fingerprint density at radius 1 is 0.838 bits per heavy atom. The van der Waals surface area contributed by atoms with Crippen molar-refractivity contribution in [2.75, 3.05) is 10.6 Å². The summed E-state index contributed by atoms with van der Waals surface area (Å²) in [5.74, 6) is 0.259. The Labute approximate surface area is 217 Å². The standard InChI is InChI=1S/C29H33N5O3/c1-28(2,3)24-18-23(34(32-24)22-10-8-7-9-11-22)27(36)31-20-14-12-19(13-15-20)30-26(35)17-21-16-25(37-33-21)29(4,5)6/h7-16,18H,17H2,1-6H3,(H,30,35)(H,31,36). The summed E-state index contributed by atoms with van der Waals surface area (Å²) in [6, 6.07) is 20.2. The van der Waals surface area contributed by atoms with Crippen LogP contribution in [0.2, 0.25) is 0 Å². The smallest absolute Gasteiger partial charge is 0.274 e. The molecule has 37 heavy (non-hydrogen) atoms. The highest BCUT2D eigenvalue weighted by atomic mass is 16.5. The molecule has 0 fully saturated rings. The number of anilines is 2. The molecule has 2 aromatic heterocycles. The van der Waals surface area contributed by atoms with Gasteiger partial charge in [0.1, 0.15) is 11.5 Å². The van der Waals surface area contributed by atoms with Crippen LogP contribution in [0.15, 0.2) is 71.3 Å². The maximum atomic E-state index is 13.2. The molecule has 0 aliphatic heterocycles. The number of hydrogen-bond acceptors (Lipinski definition) is 5. The third-order valence-corrected chi connectivity index (χ3v) is 5.78. The number of nitrogens with one attached hydrogen (secondary N) is 2. The van der Waals surface area contributed by atoms with Crippen molar-refractivity contribution in [3.8, 4) is 5.69 Å². The Morgan fingerprint density at radius 2 is 1.46 bits per heavy atom.